The van der Waals surface area contributed by atoms with Crippen LogP contribution in [0.5, 0.6) is 11.5 Å². The molecule has 4 heteroatoms. The van der Waals surface area contributed by atoms with Gasteiger partial charge < -0.3 is 4.74 Å². The van der Waals surface area contributed by atoms with Crippen LogP contribution in [0.3, 0.4) is 0 Å². The van der Waals surface area contributed by atoms with E-state index in [4.69, 9.17) is 19.7 Å². The first-order valence-electron chi connectivity index (χ1n) is 17.7. The number of hydrogen-bond acceptors (Lipinski definition) is 4. The number of benzene rings is 6. The van der Waals surface area contributed by atoms with Crippen LogP contribution in [-0.4, -0.2) is 15.0 Å². The van der Waals surface area contributed by atoms with Gasteiger partial charge in [-0.05, 0) is 78.1 Å². The molecule has 0 bridgehead atoms. The lowest BCUT2D eigenvalue weighted by Crippen LogP contribution is -2.32. The number of para-hydroxylation sites is 2. The molecule has 8 aromatic rings. The van der Waals surface area contributed by atoms with Crippen LogP contribution in [0.25, 0.3) is 56.2 Å². The Morgan fingerprint density at radius 2 is 0.981 bits per heavy atom. The molecule has 0 amide bonds. The number of pyridine rings is 1. The molecule has 0 saturated heterocycles. The molecular weight excluding hydrogens is 635 g/mol. The van der Waals surface area contributed by atoms with Crippen molar-refractivity contribution in [1.29, 1.82) is 0 Å². The normalized spacial score (nSPS) is 13.1. The standard InChI is InChI=1S/C48H33N3O/c1-30-23-25-36(31(2)49-30)33-15-12-16-34(27-33)43-29-44(51-47(50-43)32-13-4-3-5-14-32)35-24-26-38-37-17-6-7-18-39(37)48(42(38)28-35)40-19-8-10-21-45(40)52-46-22-11-9-20-41(46)48/h3-29H,1-2H3. The lowest BCUT2D eigenvalue weighted by atomic mass is 9.66. The summed E-state index contributed by atoms with van der Waals surface area (Å²) in [6.45, 7) is 4.10. The zero-order valence-corrected chi connectivity index (χ0v) is 28.8. The van der Waals surface area contributed by atoms with E-state index in [0.717, 1.165) is 73.2 Å². The van der Waals surface area contributed by atoms with Gasteiger partial charge in [-0.1, -0.05) is 127 Å². The molecule has 3 heterocycles. The van der Waals surface area contributed by atoms with E-state index in [-0.39, 0.29) is 0 Å². The highest BCUT2D eigenvalue weighted by molar-refractivity contribution is 5.90. The highest BCUT2D eigenvalue weighted by atomic mass is 16.5. The Balaban J connectivity index is 1.20. The molecule has 0 atom stereocenters. The summed E-state index contributed by atoms with van der Waals surface area (Å²) in [6.07, 6.45) is 0. The Kier molecular flexibility index (Phi) is 6.80. The van der Waals surface area contributed by atoms with E-state index in [1.165, 1.54) is 22.3 Å². The quantitative estimate of drug-likeness (QED) is 0.187. The predicted octanol–water partition coefficient (Wildman–Crippen LogP) is 11.6. The predicted molar refractivity (Wildman–Crippen MR) is 208 cm³/mol. The van der Waals surface area contributed by atoms with E-state index < -0.39 is 5.41 Å². The summed E-state index contributed by atoms with van der Waals surface area (Å²) in [7, 11) is 0. The largest absolute Gasteiger partial charge is 0.457 e. The van der Waals surface area contributed by atoms with Gasteiger partial charge in [-0.3, -0.25) is 4.98 Å². The molecule has 6 aromatic carbocycles. The van der Waals surface area contributed by atoms with Gasteiger partial charge in [0.05, 0.1) is 16.8 Å². The molecule has 0 saturated carbocycles. The SMILES string of the molecule is Cc1ccc(-c2cccc(-c3cc(-c4ccc5c(c4)C4(c6ccccc6Oc6ccccc64)c4ccccc4-5)nc(-c4ccccc4)n3)c2)c(C)n1. The van der Waals surface area contributed by atoms with Crippen molar-refractivity contribution >= 4 is 0 Å². The van der Waals surface area contributed by atoms with Gasteiger partial charge in [0.1, 0.15) is 11.5 Å². The van der Waals surface area contributed by atoms with Crippen molar-refractivity contribution in [3.8, 4) is 67.7 Å². The number of aryl methyl sites for hydroxylation is 2. The molecule has 2 aliphatic rings. The van der Waals surface area contributed by atoms with Crippen molar-refractivity contribution in [2.75, 3.05) is 0 Å². The van der Waals surface area contributed by atoms with E-state index in [1.54, 1.807) is 0 Å². The fourth-order valence-electron chi connectivity index (χ4n) is 8.31. The zero-order chi connectivity index (χ0) is 34.8. The Hall–Kier alpha value is -6.65. The third-order valence-corrected chi connectivity index (χ3v) is 10.6. The maximum absolute atomic E-state index is 6.57. The number of rotatable bonds is 4. The lowest BCUT2D eigenvalue weighted by molar-refractivity contribution is 0.436. The van der Waals surface area contributed by atoms with Gasteiger partial charge >= 0.3 is 0 Å². The first-order chi connectivity index (χ1) is 25.6. The Labute approximate surface area is 303 Å². The fourth-order valence-corrected chi connectivity index (χ4v) is 8.31. The summed E-state index contributed by atoms with van der Waals surface area (Å²) in [5, 5.41) is 0. The van der Waals surface area contributed by atoms with Gasteiger partial charge in [-0.25, -0.2) is 9.97 Å². The van der Waals surface area contributed by atoms with Gasteiger partial charge in [0.25, 0.3) is 0 Å². The van der Waals surface area contributed by atoms with Crippen LogP contribution in [0.15, 0.2) is 164 Å². The van der Waals surface area contributed by atoms with Crippen LogP contribution < -0.4 is 4.74 Å². The summed E-state index contributed by atoms with van der Waals surface area (Å²) in [6, 6.07) is 57.8. The van der Waals surface area contributed by atoms with Gasteiger partial charge in [0.2, 0.25) is 0 Å². The maximum atomic E-state index is 6.57. The number of aromatic nitrogens is 3. The average Bonchev–Trinajstić information content (AvgIpc) is 3.48. The van der Waals surface area contributed by atoms with Gasteiger partial charge in [-0.15, -0.1) is 0 Å². The van der Waals surface area contributed by atoms with Crippen LogP contribution in [0.2, 0.25) is 0 Å². The summed E-state index contributed by atoms with van der Waals surface area (Å²) >= 11 is 0. The molecule has 4 nitrogen and oxygen atoms in total. The minimum atomic E-state index is -0.556. The van der Waals surface area contributed by atoms with Gasteiger partial charge in [-0.2, -0.15) is 0 Å². The van der Waals surface area contributed by atoms with Crippen LogP contribution >= 0.6 is 0 Å². The molecule has 0 unspecified atom stereocenters. The molecule has 0 fully saturated rings. The fraction of sp³-hybridized carbons (Fsp3) is 0.0625. The average molecular weight is 668 g/mol. The Morgan fingerprint density at radius 1 is 0.404 bits per heavy atom. The zero-order valence-electron chi connectivity index (χ0n) is 28.8. The molecule has 2 aromatic heterocycles. The van der Waals surface area contributed by atoms with E-state index in [0.29, 0.717) is 5.82 Å². The second-order valence-electron chi connectivity index (χ2n) is 13.6. The van der Waals surface area contributed by atoms with Crippen molar-refractivity contribution in [3.63, 3.8) is 0 Å². The molecule has 52 heavy (non-hydrogen) atoms. The molecule has 0 N–H and O–H groups in total. The van der Waals surface area contributed by atoms with Crippen LogP contribution in [-0.2, 0) is 5.41 Å². The number of nitrogens with zero attached hydrogens (tertiary/aromatic N) is 3. The van der Waals surface area contributed by atoms with E-state index in [9.17, 15) is 0 Å². The summed E-state index contributed by atoms with van der Waals surface area (Å²) in [4.78, 5) is 15.2. The molecule has 1 spiro atoms. The van der Waals surface area contributed by atoms with Crippen LogP contribution in [0, 0.1) is 13.8 Å². The first kappa shape index (κ1) is 30.2. The van der Waals surface area contributed by atoms with Crippen molar-refractivity contribution in [2.45, 2.75) is 19.3 Å². The van der Waals surface area contributed by atoms with Crippen molar-refractivity contribution in [1.82, 2.24) is 15.0 Å². The van der Waals surface area contributed by atoms with Crippen molar-refractivity contribution in [2.24, 2.45) is 0 Å². The molecule has 1 aliphatic carbocycles. The van der Waals surface area contributed by atoms with Crippen LogP contribution in [0.4, 0.5) is 0 Å². The number of fused-ring (bicyclic) bond motifs is 9. The first-order valence-corrected chi connectivity index (χ1v) is 17.7. The topological polar surface area (TPSA) is 47.9 Å². The maximum Gasteiger partial charge on any atom is 0.160 e. The van der Waals surface area contributed by atoms with Gasteiger partial charge in [0, 0.05) is 44.8 Å². The van der Waals surface area contributed by atoms with Crippen molar-refractivity contribution < 1.29 is 4.74 Å². The highest BCUT2D eigenvalue weighted by Gasteiger charge is 2.51. The third kappa shape index (κ3) is 4.58. The Morgan fingerprint density at radius 3 is 1.71 bits per heavy atom. The van der Waals surface area contributed by atoms with Crippen LogP contribution in [0.1, 0.15) is 33.6 Å². The number of ether oxygens (including phenoxy) is 1. The smallest absolute Gasteiger partial charge is 0.160 e. The second-order valence-corrected chi connectivity index (χ2v) is 13.6. The molecule has 246 valence electrons. The Bertz CT molecular complexity index is 2650. The van der Waals surface area contributed by atoms with E-state index in [1.807, 2.05) is 25.1 Å². The molecular formula is C48H33N3O. The minimum Gasteiger partial charge on any atom is -0.457 e. The highest BCUT2D eigenvalue weighted by Crippen LogP contribution is 2.62. The third-order valence-electron chi connectivity index (χ3n) is 10.6. The van der Waals surface area contributed by atoms with Crippen molar-refractivity contribution in [3.05, 3.63) is 197 Å². The summed E-state index contributed by atoms with van der Waals surface area (Å²) in [5.74, 6) is 2.44. The van der Waals surface area contributed by atoms with E-state index >= 15 is 0 Å². The lowest BCUT2D eigenvalue weighted by Gasteiger charge is -2.39. The van der Waals surface area contributed by atoms with Gasteiger partial charge in [0.15, 0.2) is 5.82 Å². The summed E-state index contributed by atoms with van der Waals surface area (Å²) < 4.78 is 6.57. The van der Waals surface area contributed by atoms with E-state index in [2.05, 4.69) is 153 Å². The monoisotopic (exact) mass is 667 g/mol. The minimum absolute atomic E-state index is 0.556. The summed E-state index contributed by atoms with van der Waals surface area (Å²) in [5.41, 5.74) is 15.7. The molecule has 1 aliphatic heterocycles. The molecule has 0 radical (unpaired) electrons. The number of hydrogen-bond donors (Lipinski definition) is 0. The second kappa shape index (κ2) is 11.7. The molecule has 10 rings (SSSR count).